The number of alkyl halides is 3. The first-order chi connectivity index (χ1) is 11.8. The van der Waals surface area contributed by atoms with Crippen molar-refractivity contribution in [1.82, 2.24) is 15.0 Å². The molecule has 8 heteroatoms. The molecule has 25 heavy (non-hydrogen) atoms. The minimum Gasteiger partial charge on any atom is -0.318 e. The van der Waals surface area contributed by atoms with Gasteiger partial charge in [-0.3, -0.25) is 4.98 Å². The van der Waals surface area contributed by atoms with Crippen molar-refractivity contribution in [1.29, 1.82) is 0 Å². The van der Waals surface area contributed by atoms with Crippen LogP contribution in [0, 0.1) is 0 Å². The van der Waals surface area contributed by atoms with Crippen molar-refractivity contribution >= 4 is 11.6 Å². The molecule has 0 saturated heterocycles. The molecule has 128 valence electrons. The largest absolute Gasteiger partial charge is 0.433 e. The molecule has 2 N–H and O–H groups in total. The molecule has 0 aliphatic carbocycles. The van der Waals surface area contributed by atoms with E-state index >= 15 is 0 Å². The summed E-state index contributed by atoms with van der Waals surface area (Å²) in [7, 11) is 0. The molecule has 3 rings (SSSR count). The number of benzene rings is 1. The van der Waals surface area contributed by atoms with Gasteiger partial charge in [0.05, 0.1) is 11.7 Å². The fourth-order valence-corrected chi connectivity index (χ4v) is 2.35. The molecule has 0 amide bonds. The number of hydrogen-bond acceptors (Lipinski definition) is 4. The van der Waals surface area contributed by atoms with Crippen molar-refractivity contribution in [2.45, 2.75) is 12.2 Å². The summed E-state index contributed by atoms with van der Waals surface area (Å²) in [6.45, 7) is 0. The van der Waals surface area contributed by atoms with Crippen molar-refractivity contribution in [2.75, 3.05) is 0 Å². The summed E-state index contributed by atoms with van der Waals surface area (Å²) >= 11 is 5.83. The lowest BCUT2D eigenvalue weighted by Crippen LogP contribution is -2.19. The Morgan fingerprint density at radius 2 is 1.76 bits per heavy atom. The average molecular weight is 365 g/mol. The second kappa shape index (κ2) is 6.78. The molecule has 0 saturated carbocycles. The normalized spacial score (nSPS) is 12.8. The molecule has 1 atom stereocenters. The van der Waals surface area contributed by atoms with E-state index in [9.17, 15) is 13.2 Å². The highest BCUT2D eigenvalue weighted by molar-refractivity contribution is 6.30. The van der Waals surface area contributed by atoms with Crippen LogP contribution in [-0.4, -0.2) is 15.0 Å². The topological polar surface area (TPSA) is 64.7 Å². The van der Waals surface area contributed by atoms with Crippen molar-refractivity contribution in [2.24, 2.45) is 5.73 Å². The van der Waals surface area contributed by atoms with Gasteiger partial charge in [0, 0.05) is 23.0 Å². The smallest absolute Gasteiger partial charge is 0.318 e. The van der Waals surface area contributed by atoms with Gasteiger partial charge in [-0.25, -0.2) is 9.97 Å². The van der Waals surface area contributed by atoms with Gasteiger partial charge in [-0.05, 0) is 29.8 Å². The third-order valence-electron chi connectivity index (χ3n) is 3.50. The van der Waals surface area contributed by atoms with Gasteiger partial charge in [0.15, 0.2) is 5.82 Å². The van der Waals surface area contributed by atoms with E-state index in [0.29, 0.717) is 16.1 Å². The third kappa shape index (κ3) is 3.94. The van der Waals surface area contributed by atoms with Crippen LogP contribution in [0.3, 0.4) is 0 Å². The van der Waals surface area contributed by atoms with Crippen molar-refractivity contribution in [3.8, 4) is 11.3 Å². The average Bonchev–Trinajstić information content (AvgIpc) is 2.61. The second-order valence-corrected chi connectivity index (χ2v) is 5.70. The fraction of sp³-hybridized carbons (Fsp3) is 0.118. The van der Waals surface area contributed by atoms with E-state index in [4.69, 9.17) is 17.3 Å². The van der Waals surface area contributed by atoms with Gasteiger partial charge < -0.3 is 5.73 Å². The van der Waals surface area contributed by atoms with Gasteiger partial charge in [0.2, 0.25) is 0 Å². The molecule has 0 spiro atoms. The lowest BCUT2D eigenvalue weighted by molar-refractivity contribution is -0.141. The van der Waals surface area contributed by atoms with Gasteiger partial charge >= 0.3 is 6.18 Å². The zero-order valence-corrected chi connectivity index (χ0v) is 13.5. The number of nitrogens with zero attached hydrogens (tertiary/aromatic N) is 3. The van der Waals surface area contributed by atoms with Gasteiger partial charge in [0.25, 0.3) is 0 Å². The van der Waals surface area contributed by atoms with Crippen LogP contribution < -0.4 is 5.73 Å². The number of rotatable bonds is 3. The standard InChI is InChI=1S/C17H12ClF3N4/c18-12-5-3-10(4-6-12)13-8-14(17(19,20)21)25-16(24-13)15(22)11-2-1-7-23-9-11/h1-9,15H,22H2. The maximum absolute atomic E-state index is 13.2. The summed E-state index contributed by atoms with van der Waals surface area (Å²) in [5.41, 5.74) is 6.11. The molecule has 0 aliphatic rings. The third-order valence-corrected chi connectivity index (χ3v) is 3.75. The highest BCUT2D eigenvalue weighted by Gasteiger charge is 2.34. The van der Waals surface area contributed by atoms with Crippen molar-refractivity contribution < 1.29 is 13.2 Å². The van der Waals surface area contributed by atoms with E-state index in [-0.39, 0.29) is 11.5 Å². The van der Waals surface area contributed by atoms with Crippen LogP contribution in [0.25, 0.3) is 11.3 Å². The number of aromatic nitrogens is 3. The van der Waals surface area contributed by atoms with E-state index < -0.39 is 17.9 Å². The Labute approximate surface area is 146 Å². The van der Waals surface area contributed by atoms with Crippen LogP contribution in [0.2, 0.25) is 5.02 Å². The van der Waals surface area contributed by atoms with E-state index in [1.807, 2.05) is 0 Å². The van der Waals surface area contributed by atoms with E-state index in [1.165, 1.54) is 6.20 Å². The quantitative estimate of drug-likeness (QED) is 0.754. The first-order valence-corrected chi connectivity index (χ1v) is 7.60. The summed E-state index contributed by atoms with van der Waals surface area (Å²) in [4.78, 5) is 11.7. The molecule has 3 aromatic rings. The Kier molecular flexibility index (Phi) is 4.69. The second-order valence-electron chi connectivity index (χ2n) is 5.27. The van der Waals surface area contributed by atoms with Gasteiger partial charge in [-0.1, -0.05) is 29.8 Å². The van der Waals surface area contributed by atoms with Crippen LogP contribution in [0.1, 0.15) is 23.1 Å². The maximum atomic E-state index is 13.2. The molecular formula is C17H12ClF3N4. The number of halogens is 4. The summed E-state index contributed by atoms with van der Waals surface area (Å²) < 4.78 is 39.7. The SMILES string of the molecule is NC(c1cccnc1)c1nc(-c2ccc(Cl)cc2)cc(C(F)(F)F)n1. The highest BCUT2D eigenvalue weighted by atomic mass is 35.5. The zero-order chi connectivity index (χ0) is 18.0. The summed E-state index contributed by atoms with van der Waals surface area (Å²) in [5, 5.41) is 0.473. The Hall–Kier alpha value is -2.51. The summed E-state index contributed by atoms with van der Waals surface area (Å²) in [5.74, 6) is -0.132. The molecule has 0 radical (unpaired) electrons. The lowest BCUT2D eigenvalue weighted by Gasteiger charge is -2.15. The Morgan fingerprint density at radius 1 is 1.04 bits per heavy atom. The van der Waals surface area contributed by atoms with E-state index in [1.54, 1.807) is 42.6 Å². The van der Waals surface area contributed by atoms with Crippen molar-refractivity contribution in [3.63, 3.8) is 0 Å². The summed E-state index contributed by atoms with van der Waals surface area (Å²) in [6, 6.07) is 9.59. The number of pyridine rings is 1. The molecule has 4 nitrogen and oxygen atoms in total. The minimum atomic E-state index is -4.62. The molecule has 0 aliphatic heterocycles. The minimum absolute atomic E-state index is 0.119. The highest BCUT2D eigenvalue weighted by Crippen LogP contribution is 2.32. The molecular weight excluding hydrogens is 353 g/mol. The van der Waals surface area contributed by atoms with Crippen LogP contribution in [0.4, 0.5) is 13.2 Å². The number of hydrogen-bond donors (Lipinski definition) is 1. The number of nitrogens with two attached hydrogens (primary N) is 1. The Balaban J connectivity index is 2.12. The predicted molar refractivity (Wildman–Crippen MR) is 87.7 cm³/mol. The Morgan fingerprint density at radius 3 is 2.36 bits per heavy atom. The van der Waals surface area contributed by atoms with Gasteiger partial charge in [-0.2, -0.15) is 13.2 Å². The first-order valence-electron chi connectivity index (χ1n) is 7.22. The van der Waals surface area contributed by atoms with Crippen LogP contribution in [0.15, 0.2) is 54.9 Å². The zero-order valence-electron chi connectivity index (χ0n) is 12.7. The molecule has 0 fully saturated rings. The summed E-state index contributed by atoms with van der Waals surface area (Å²) in [6.07, 6.45) is -1.61. The monoisotopic (exact) mass is 364 g/mol. The predicted octanol–water partition coefficient (Wildman–Crippen LogP) is 4.26. The van der Waals surface area contributed by atoms with E-state index in [0.717, 1.165) is 6.07 Å². The van der Waals surface area contributed by atoms with E-state index in [2.05, 4.69) is 15.0 Å². The van der Waals surface area contributed by atoms with Crippen LogP contribution >= 0.6 is 11.6 Å². The molecule has 1 aromatic carbocycles. The fourth-order valence-electron chi connectivity index (χ4n) is 2.23. The van der Waals surface area contributed by atoms with Crippen molar-refractivity contribution in [3.05, 3.63) is 77.0 Å². The molecule has 2 aromatic heterocycles. The van der Waals surface area contributed by atoms with Crippen LogP contribution in [-0.2, 0) is 6.18 Å². The van der Waals surface area contributed by atoms with Gasteiger partial charge in [0.1, 0.15) is 5.69 Å². The van der Waals surface area contributed by atoms with Gasteiger partial charge in [-0.15, -0.1) is 0 Å². The molecule has 0 bridgehead atoms. The Bertz CT molecular complexity index is 867. The van der Waals surface area contributed by atoms with Crippen LogP contribution in [0.5, 0.6) is 0 Å². The lowest BCUT2D eigenvalue weighted by atomic mass is 10.1. The first kappa shape index (κ1) is 17.3. The maximum Gasteiger partial charge on any atom is 0.433 e. The molecule has 1 unspecified atom stereocenters. The molecule has 2 heterocycles.